The van der Waals surface area contributed by atoms with Gasteiger partial charge in [-0.1, -0.05) is 23.7 Å². The number of carbonyl (C=O) groups excluding carboxylic acids is 1. The van der Waals surface area contributed by atoms with Crippen LogP contribution in [-0.4, -0.2) is 54.8 Å². The molecule has 0 spiro atoms. The lowest BCUT2D eigenvalue weighted by molar-refractivity contribution is -0.124. The molecule has 5 nitrogen and oxygen atoms in total. The van der Waals surface area contributed by atoms with Crippen molar-refractivity contribution in [1.29, 1.82) is 0 Å². The van der Waals surface area contributed by atoms with Gasteiger partial charge in [-0.25, -0.2) is 0 Å². The van der Waals surface area contributed by atoms with Crippen LogP contribution in [0.5, 0.6) is 0 Å². The number of nitrogens with one attached hydrogen (secondary N) is 1. The number of piperidine rings is 1. The van der Waals surface area contributed by atoms with Crippen LogP contribution in [0.4, 0.5) is 0 Å². The molecule has 2 heterocycles. The largest absolute Gasteiger partial charge is 0.385 e. The van der Waals surface area contributed by atoms with E-state index in [0.29, 0.717) is 44.0 Å². The minimum atomic E-state index is -0.824. The number of carbonyl (C=O) groups is 1. The minimum Gasteiger partial charge on any atom is -0.385 e. The van der Waals surface area contributed by atoms with Crippen LogP contribution in [0.25, 0.3) is 0 Å². The summed E-state index contributed by atoms with van der Waals surface area (Å²) < 4.78 is 5.51. The van der Waals surface area contributed by atoms with E-state index < -0.39 is 5.60 Å². The molecule has 0 aromatic heterocycles. The molecule has 2 aliphatic heterocycles. The van der Waals surface area contributed by atoms with Crippen LogP contribution in [0, 0.1) is 0 Å². The molecule has 0 bridgehead atoms. The second kappa shape index (κ2) is 7.83. The molecule has 3 rings (SSSR count). The van der Waals surface area contributed by atoms with Crippen LogP contribution >= 0.6 is 11.6 Å². The third-order valence-electron chi connectivity index (χ3n) is 4.98. The summed E-state index contributed by atoms with van der Waals surface area (Å²) in [6, 6.07) is 7.37. The van der Waals surface area contributed by atoms with E-state index >= 15 is 0 Å². The van der Waals surface area contributed by atoms with Gasteiger partial charge >= 0.3 is 0 Å². The monoisotopic (exact) mass is 352 g/mol. The number of amides is 1. The highest BCUT2D eigenvalue weighted by atomic mass is 35.5. The van der Waals surface area contributed by atoms with E-state index in [9.17, 15) is 9.90 Å². The molecule has 6 heteroatoms. The Morgan fingerprint density at radius 2 is 2.04 bits per heavy atom. The summed E-state index contributed by atoms with van der Waals surface area (Å²) in [6.07, 6.45) is 3.51. The standard InChI is InChI=1S/C18H25ClN2O3/c19-15-5-3-14(4-6-15)18(23)7-9-21(10-8-18)13-17(22)20-12-16-2-1-11-24-16/h3-6,16,23H,1-2,7-13H2,(H,20,22). The fraction of sp³-hybridized carbons (Fsp3) is 0.611. The first-order chi connectivity index (χ1) is 11.5. The maximum absolute atomic E-state index is 12.1. The second-order valence-corrected chi connectivity index (χ2v) is 7.19. The van der Waals surface area contributed by atoms with Crippen molar-refractivity contribution in [1.82, 2.24) is 10.2 Å². The third kappa shape index (κ3) is 4.48. The highest BCUT2D eigenvalue weighted by Gasteiger charge is 2.34. The number of rotatable bonds is 5. The Balaban J connectivity index is 1.44. The molecule has 2 saturated heterocycles. The zero-order chi connectivity index (χ0) is 17.0. The summed E-state index contributed by atoms with van der Waals surface area (Å²) in [4.78, 5) is 14.1. The summed E-state index contributed by atoms with van der Waals surface area (Å²) in [5.41, 5.74) is 0.0734. The van der Waals surface area contributed by atoms with Gasteiger partial charge in [0, 0.05) is 31.3 Å². The van der Waals surface area contributed by atoms with E-state index in [1.807, 2.05) is 12.1 Å². The molecule has 1 unspecified atom stereocenters. The normalized spacial score (nSPS) is 24.0. The van der Waals surface area contributed by atoms with Crippen LogP contribution in [0.3, 0.4) is 0 Å². The van der Waals surface area contributed by atoms with Crippen LogP contribution in [-0.2, 0) is 15.1 Å². The lowest BCUT2D eigenvalue weighted by Crippen LogP contribution is -2.47. The van der Waals surface area contributed by atoms with E-state index in [2.05, 4.69) is 10.2 Å². The van der Waals surface area contributed by atoms with Crippen molar-refractivity contribution in [3.05, 3.63) is 34.9 Å². The van der Waals surface area contributed by atoms with Crippen molar-refractivity contribution >= 4 is 17.5 Å². The fourth-order valence-corrected chi connectivity index (χ4v) is 3.55. The Morgan fingerprint density at radius 3 is 2.67 bits per heavy atom. The van der Waals surface area contributed by atoms with E-state index in [-0.39, 0.29) is 12.0 Å². The predicted octanol–water partition coefficient (Wildman–Crippen LogP) is 1.92. The van der Waals surface area contributed by atoms with Crippen molar-refractivity contribution in [3.8, 4) is 0 Å². The number of ether oxygens (including phenoxy) is 1. The molecular formula is C18H25ClN2O3. The molecule has 0 saturated carbocycles. The number of nitrogens with zero attached hydrogens (tertiary/aromatic N) is 1. The van der Waals surface area contributed by atoms with E-state index in [0.717, 1.165) is 25.0 Å². The fourth-order valence-electron chi connectivity index (χ4n) is 3.42. The van der Waals surface area contributed by atoms with Gasteiger partial charge in [-0.15, -0.1) is 0 Å². The van der Waals surface area contributed by atoms with Gasteiger partial charge in [-0.2, -0.15) is 0 Å². The molecule has 1 aromatic carbocycles. The molecule has 132 valence electrons. The molecule has 24 heavy (non-hydrogen) atoms. The van der Waals surface area contributed by atoms with Gasteiger partial charge in [-0.3, -0.25) is 9.69 Å². The quantitative estimate of drug-likeness (QED) is 0.850. The van der Waals surface area contributed by atoms with Gasteiger partial charge in [-0.05, 0) is 43.4 Å². The van der Waals surface area contributed by atoms with Gasteiger partial charge in [0.2, 0.25) is 5.91 Å². The molecular weight excluding hydrogens is 328 g/mol. The maximum atomic E-state index is 12.1. The highest BCUT2D eigenvalue weighted by molar-refractivity contribution is 6.30. The Hall–Kier alpha value is -1.14. The summed E-state index contributed by atoms with van der Waals surface area (Å²) in [5.74, 6) is 0.0300. The molecule has 1 amide bonds. The molecule has 2 N–H and O–H groups in total. The van der Waals surface area contributed by atoms with Gasteiger partial charge in [0.25, 0.3) is 0 Å². The van der Waals surface area contributed by atoms with Gasteiger partial charge < -0.3 is 15.2 Å². The van der Waals surface area contributed by atoms with Crippen molar-refractivity contribution < 1.29 is 14.6 Å². The smallest absolute Gasteiger partial charge is 0.234 e. The van der Waals surface area contributed by atoms with E-state index in [4.69, 9.17) is 16.3 Å². The zero-order valence-electron chi connectivity index (χ0n) is 13.8. The van der Waals surface area contributed by atoms with Crippen molar-refractivity contribution in [2.45, 2.75) is 37.4 Å². The maximum Gasteiger partial charge on any atom is 0.234 e. The summed E-state index contributed by atoms with van der Waals surface area (Å²) in [6.45, 7) is 3.18. The average Bonchev–Trinajstić information content (AvgIpc) is 3.09. The van der Waals surface area contributed by atoms with Crippen LogP contribution in [0.15, 0.2) is 24.3 Å². The van der Waals surface area contributed by atoms with Gasteiger partial charge in [0.15, 0.2) is 0 Å². The first-order valence-corrected chi connectivity index (χ1v) is 9.02. The number of hydrogen-bond acceptors (Lipinski definition) is 4. The van der Waals surface area contributed by atoms with E-state index in [1.54, 1.807) is 12.1 Å². The summed E-state index contributed by atoms with van der Waals surface area (Å²) >= 11 is 5.91. The molecule has 2 fully saturated rings. The number of likely N-dealkylation sites (tertiary alicyclic amines) is 1. The lowest BCUT2D eigenvalue weighted by Gasteiger charge is -2.38. The lowest BCUT2D eigenvalue weighted by atomic mass is 9.84. The zero-order valence-corrected chi connectivity index (χ0v) is 14.6. The summed E-state index contributed by atoms with van der Waals surface area (Å²) in [7, 11) is 0. The number of halogens is 1. The Bertz CT molecular complexity index is 550. The Morgan fingerprint density at radius 1 is 1.33 bits per heavy atom. The minimum absolute atomic E-state index is 0.0300. The Labute approximate surface area is 147 Å². The van der Waals surface area contributed by atoms with E-state index in [1.165, 1.54) is 0 Å². The first-order valence-electron chi connectivity index (χ1n) is 8.64. The summed E-state index contributed by atoms with van der Waals surface area (Å²) in [5, 5.41) is 14.5. The molecule has 2 aliphatic rings. The molecule has 0 aliphatic carbocycles. The number of benzene rings is 1. The highest BCUT2D eigenvalue weighted by Crippen LogP contribution is 2.33. The van der Waals surface area contributed by atoms with Crippen LogP contribution in [0.2, 0.25) is 5.02 Å². The molecule has 1 atom stereocenters. The van der Waals surface area contributed by atoms with Gasteiger partial charge in [0.05, 0.1) is 18.2 Å². The Kier molecular flexibility index (Phi) is 5.76. The van der Waals surface area contributed by atoms with Gasteiger partial charge in [0.1, 0.15) is 0 Å². The number of aliphatic hydroxyl groups is 1. The van der Waals surface area contributed by atoms with Crippen LogP contribution < -0.4 is 5.32 Å². The van der Waals surface area contributed by atoms with Crippen molar-refractivity contribution in [3.63, 3.8) is 0 Å². The predicted molar refractivity (Wildman–Crippen MR) is 93.0 cm³/mol. The second-order valence-electron chi connectivity index (χ2n) is 6.75. The SMILES string of the molecule is O=C(CN1CCC(O)(c2ccc(Cl)cc2)CC1)NCC1CCCO1. The van der Waals surface area contributed by atoms with Crippen molar-refractivity contribution in [2.24, 2.45) is 0 Å². The third-order valence-corrected chi connectivity index (χ3v) is 5.23. The number of hydrogen-bond donors (Lipinski definition) is 2. The van der Waals surface area contributed by atoms with Crippen LogP contribution in [0.1, 0.15) is 31.2 Å². The topological polar surface area (TPSA) is 61.8 Å². The molecule has 1 aromatic rings. The molecule has 0 radical (unpaired) electrons. The average molecular weight is 353 g/mol. The van der Waals surface area contributed by atoms with Crippen molar-refractivity contribution in [2.75, 3.05) is 32.8 Å². The first kappa shape index (κ1) is 17.7.